The molecule has 4 heteroatoms. The van der Waals surface area contributed by atoms with Gasteiger partial charge in [-0.1, -0.05) is 30.3 Å². The molecule has 1 aromatic rings. The molecule has 0 radical (unpaired) electrons. The molecule has 1 unspecified atom stereocenters. The summed E-state index contributed by atoms with van der Waals surface area (Å²) in [6.45, 7) is 12.3. The quantitative estimate of drug-likeness (QED) is 0.795. The molecule has 1 N–H and O–H groups in total. The molecule has 2 rings (SSSR count). The van der Waals surface area contributed by atoms with E-state index in [0.29, 0.717) is 12.1 Å². The zero-order chi connectivity index (χ0) is 17.5. The first kappa shape index (κ1) is 18.9. The van der Waals surface area contributed by atoms with Gasteiger partial charge < -0.3 is 5.32 Å². The van der Waals surface area contributed by atoms with Crippen molar-refractivity contribution in [1.82, 2.24) is 15.1 Å². The van der Waals surface area contributed by atoms with Gasteiger partial charge in [-0.05, 0) is 52.6 Å². The first-order valence-electron chi connectivity index (χ1n) is 9.30. The van der Waals surface area contributed by atoms with E-state index >= 15 is 0 Å². The van der Waals surface area contributed by atoms with Crippen molar-refractivity contribution in [2.75, 3.05) is 19.6 Å². The van der Waals surface area contributed by atoms with Crippen LogP contribution >= 0.6 is 0 Å². The van der Waals surface area contributed by atoms with E-state index in [-0.39, 0.29) is 11.9 Å². The number of likely N-dealkylation sites (tertiary alicyclic amines) is 1. The Kier molecular flexibility index (Phi) is 7.25. The van der Waals surface area contributed by atoms with Gasteiger partial charge in [-0.25, -0.2) is 0 Å². The Hall–Kier alpha value is -1.39. The molecular weight excluding hydrogens is 298 g/mol. The maximum atomic E-state index is 12.6. The predicted octanol–water partition coefficient (Wildman–Crippen LogP) is 2.89. The minimum atomic E-state index is 0.0248. The monoisotopic (exact) mass is 331 g/mol. The van der Waals surface area contributed by atoms with Crippen LogP contribution in [0.3, 0.4) is 0 Å². The summed E-state index contributed by atoms with van der Waals surface area (Å²) in [4.78, 5) is 17.3. The lowest BCUT2D eigenvalue weighted by Gasteiger charge is -2.31. The second-order valence-electron chi connectivity index (χ2n) is 7.33. The summed E-state index contributed by atoms with van der Waals surface area (Å²) in [5.41, 5.74) is 1.28. The van der Waals surface area contributed by atoms with Crippen LogP contribution in [0.1, 0.15) is 46.1 Å². The Bertz CT molecular complexity index is 493. The highest BCUT2D eigenvalue weighted by atomic mass is 16.2. The molecule has 1 aliphatic rings. The first-order chi connectivity index (χ1) is 11.5. The average Bonchev–Trinajstić information content (AvgIpc) is 2.99. The van der Waals surface area contributed by atoms with Gasteiger partial charge in [0.25, 0.3) is 0 Å². The van der Waals surface area contributed by atoms with Crippen molar-refractivity contribution in [2.24, 2.45) is 0 Å². The third kappa shape index (κ3) is 5.32. The highest BCUT2D eigenvalue weighted by molar-refractivity contribution is 5.82. The van der Waals surface area contributed by atoms with Crippen molar-refractivity contribution in [1.29, 1.82) is 0 Å². The van der Waals surface area contributed by atoms with Crippen LogP contribution in [0.25, 0.3) is 0 Å². The van der Waals surface area contributed by atoms with Crippen molar-refractivity contribution >= 4 is 5.91 Å². The van der Waals surface area contributed by atoms with Crippen molar-refractivity contribution < 1.29 is 4.79 Å². The number of amides is 1. The van der Waals surface area contributed by atoms with Gasteiger partial charge in [-0.3, -0.25) is 14.6 Å². The Balaban J connectivity index is 1.82. The van der Waals surface area contributed by atoms with E-state index in [1.807, 2.05) is 6.07 Å². The van der Waals surface area contributed by atoms with Crippen molar-refractivity contribution in [2.45, 2.75) is 65.2 Å². The highest BCUT2D eigenvalue weighted by Crippen LogP contribution is 2.20. The van der Waals surface area contributed by atoms with E-state index in [0.717, 1.165) is 39.0 Å². The third-order valence-corrected chi connectivity index (χ3v) is 4.89. The SMILES string of the molecule is CC(C)N(CCNC(=O)C1CCCN1Cc1ccccc1)C(C)C. The molecule has 134 valence electrons. The van der Waals surface area contributed by atoms with Crippen LogP contribution in [0.5, 0.6) is 0 Å². The highest BCUT2D eigenvalue weighted by Gasteiger charge is 2.30. The van der Waals surface area contributed by atoms with E-state index in [4.69, 9.17) is 0 Å². The molecule has 24 heavy (non-hydrogen) atoms. The Labute approximate surface area is 147 Å². The van der Waals surface area contributed by atoms with E-state index in [2.05, 4.69) is 67.1 Å². The van der Waals surface area contributed by atoms with Crippen molar-refractivity contribution in [3.63, 3.8) is 0 Å². The number of benzene rings is 1. The van der Waals surface area contributed by atoms with E-state index in [9.17, 15) is 4.79 Å². The minimum Gasteiger partial charge on any atom is -0.353 e. The zero-order valence-electron chi connectivity index (χ0n) is 15.7. The van der Waals surface area contributed by atoms with Crippen molar-refractivity contribution in [3.05, 3.63) is 35.9 Å². The number of hydrogen-bond donors (Lipinski definition) is 1. The molecule has 0 bridgehead atoms. The summed E-state index contributed by atoms with van der Waals surface area (Å²) in [6.07, 6.45) is 2.08. The van der Waals surface area contributed by atoms with E-state index < -0.39 is 0 Å². The van der Waals surface area contributed by atoms with Gasteiger partial charge in [0, 0.05) is 31.7 Å². The lowest BCUT2D eigenvalue weighted by Crippen LogP contribution is -2.47. The lowest BCUT2D eigenvalue weighted by atomic mass is 10.1. The van der Waals surface area contributed by atoms with Crippen LogP contribution in [-0.2, 0) is 11.3 Å². The smallest absolute Gasteiger partial charge is 0.237 e. The van der Waals surface area contributed by atoms with Crippen LogP contribution in [0.2, 0.25) is 0 Å². The standard InChI is InChI=1S/C20H33N3O/c1-16(2)23(17(3)4)14-12-21-20(24)19-11-8-13-22(19)15-18-9-6-5-7-10-18/h5-7,9-10,16-17,19H,8,11-15H2,1-4H3,(H,21,24). The summed E-state index contributed by atoms with van der Waals surface area (Å²) in [6, 6.07) is 11.5. The number of rotatable bonds is 8. The summed E-state index contributed by atoms with van der Waals surface area (Å²) < 4.78 is 0. The molecule has 1 aliphatic heterocycles. The van der Waals surface area contributed by atoms with Gasteiger partial charge in [0.1, 0.15) is 0 Å². The van der Waals surface area contributed by atoms with Crippen LogP contribution in [0.15, 0.2) is 30.3 Å². The number of carbonyl (C=O) groups is 1. The Morgan fingerprint density at radius 1 is 1.21 bits per heavy atom. The molecule has 0 aromatic heterocycles. The maximum absolute atomic E-state index is 12.6. The van der Waals surface area contributed by atoms with Gasteiger partial charge in [0.2, 0.25) is 5.91 Å². The second-order valence-corrected chi connectivity index (χ2v) is 7.33. The van der Waals surface area contributed by atoms with Crippen LogP contribution < -0.4 is 5.32 Å². The normalized spacial score (nSPS) is 18.7. The average molecular weight is 332 g/mol. The number of carbonyl (C=O) groups excluding carboxylic acids is 1. The second kappa shape index (κ2) is 9.19. The summed E-state index contributed by atoms with van der Waals surface area (Å²) >= 11 is 0. The van der Waals surface area contributed by atoms with Gasteiger partial charge >= 0.3 is 0 Å². The van der Waals surface area contributed by atoms with Crippen LogP contribution in [0.4, 0.5) is 0 Å². The first-order valence-corrected chi connectivity index (χ1v) is 9.30. The van der Waals surface area contributed by atoms with Gasteiger partial charge in [0.05, 0.1) is 6.04 Å². The maximum Gasteiger partial charge on any atom is 0.237 e. The molecule has 1 saturated heterocycles. The largest absolute Gasteiger partial charge is 0.353 e. The zero-order valence-corrected chi connectivity index (χ0v) is 15.7. The Morgan fingerprint density at radius 3 is 2.50 bits per heavy atom. The number of nitrogens with zero attached hydrogens (tertiary/aromatic N) is 2. The molecule has 1 fully saturated rings. The molecular formula is C20H33N3O. The van der Waals surface area contributed by atoms with Crippen LogP contribution in [0, 0.1) is 0 Å². The summed E-state index contributed by atoms with van der Waals surface area (Å²) in [7, 11) is 0. The molecule has 1 aromatic carbocycles. The molecule has 0 aliphatic carbocycles. The lowest BCUT2D eigenvalue weighted by molar-refractivity contribution is -0.125. The fourth-order valence-corrected chi connectivity index (χ4v) is 3.67. The van der Waals surface area contributed by atoms with Gasteiger partial charge in [-0.15, -0.1) is 0 Å². The van der Waals surface area contributed by atoms with E-state index in [1.165, 1.54) is 5.56 Å². The molecule has 1 heterocycles. The molecule has 1 atom stereocenters. The fourth-order valence-electron chi connectivity index (χ4n) is 3.67. The number of hydrogen-bond acceptors (Lipinski definition) is 3. The van der Waals surface area contributed by atoms with Gasteiger partial charge in [-0.2, -0.15) is 0 Å². The molecule has 1 amide bonds. The van der Waals surface area contributed by atoms with Crippen LogP contribution in [-0.4, -0.2) is 53.5 Å². The topological polar surface area (TPSA) is 35.6 Å². The molecule has 0 spiro atoms. The predicted molar refractivity (Wildman–Crippen MR) is 99.9 cm³/mol. The number of nitrogens with one attached hydrogen (secondary N) is 1. The van der Waals surface area contributed by atoms with E-state index in [1.54, 1.807) is 0 Å². The molecule has 4 nitrogen and oxygen atoms in total. The third-order valence-electron chi connectivity index (χ3n) is 4.89. The van der Waals surface area contributed by atoms with Crippen molar-refractivity contribution in [3.8, 4) is 0 Å². The summed E-state index contributed by atoms with van der Waals surface area (Å²) in [5.74, 6) is 0.191. The summed E-state index contributed by atoms with van der Waals surface area (Å²) in [5, 5.41) is 3.16. The molecule has 0 saturated carbocycles. The Morgan fingerprint density at radius 2 is 1.88 bits per heavy atom. The van der Waals surface area contributed by atoms with Gasteiger partial charge in [0.15, 0.2) is 0 Å². The minimum absolute atomic E-state index is 0.0248. The fraction of sp³-hybridized carbons (Fsp3) is 0.650.